The summed E-state index contributed by atoms with van der Waals surface area (Å²) in [5, 5.41) is 19.6. The highest BCUT2D eigenvalue weighted by Crippen LogP contribution is 2.50. The van der Waals surface area contributed by atoms with Gasteiger partial charge in [0.05, 0.1) is 24.5 Å². The molecule has 1 aliphatic carbocycles. The molecule has 4 atom stereocenters. The van der Waals surface area contributed by atoms with Gasteiger partial charge in [0.25, 0.3) is 0 Å². The third-order valence-corrected chi connectivity index (χ3v) is 6.87. The van der Waals surface area contributed by atoms with Crippen molar-refractivity contribution in [2.75, 3.05) is 20.8 Å². The van der Waals surface area contributed by atoms with Gasteiger partial charge in [0.1, 0.15) is 18.1 Å². The molecular formula is C23H30BNO7. The van der Waals surface area contributed by atoms with E-state index in [1.807, 2.05) is 19.1 Å². The second-order valence-electron chi connectivity index (χ2n) is 8.98. The normalized spacial score (nSPS) is 28.5. The summed E-state index contributed by atoms with van der Waals surface area (Å²) in [4.78, 5) is 26.8. The quantitative estimate of drug-likeness (QED) is 0.377. The van der Waals surface area contributed by atoms with Gasteiger partial charge in [0.15, 0.2) is 0 Å². The average Bonchev–Trinajstić information content (AvgIpc) is 3.30. The van der Waals surface area contributed by atoms with Crippen LogP contribution in [-0.4, -0.2) is 60.8 Å². The van der Waals surface area contributed by atoms with Gasteiger partial charge < -0.3 is 23.9 Å². The number of hydrogen-bond donors (Lipinski definition) is 2. The second kappa shape index (κ2) is 9.35. The van der Waals surface area contributed by atoms with Crippen LogP contribution in [0.15, 0.2) is 33.3 Å². The highest BCUT2D eigenvalue weighted by atomic mass is 16.5. The largest absolute Gasteiger partial charge is 0.459 e. The zero-order valence-corrected chi connectivity index (χ0v) is 18.7. The number of nitrogens with zero attached hydrogens (tertiary/aromatic N) is 1. The third kappa shape index (κ3) is 4.22. The minimum Gasteiger partial charge on any atom is -0.459 e. The number of aliphatic hydroxyl groups excluding tert-OH is 1. The number of methoxy groups -OCH3 is 1. The fraction of sp³-hybridized carbons (Fsp3) is 0.565. The van der Waals surface area contributed by atoms with Crippen LogP contribution >= 0.6 is 0 Å². The number of hydrogen-bond acceptors (Lipinski definition) is 7. The van der Waals surface area contributed by atoms with Crippen LogP contribution in [-0.2, 0) is 25.6 Å². The Labute approximate surface area is 188 Å². The van der Waals surface area contributed by atoms with Crippen molar-refractivity contribution >= 4 is 25.0 Å². The Kier molecular flexibility index (Phi) is 6.71. The fourth-order valence-corrected chi connectivity index (χ4v) is 5.46. The molecule has 9 heteroatoms. The van der Waals surface area contributed by atoms with Gasteiger partial charge in [0, 0.05) is 14.2 Å². The predicted octanol–water partition coefficient (Wildman–Crippen LogP) is 2.03. The molecule has 32 heavy (non-hydrogen) atoms. The molecule has 3 heterocycles. The maximum absolute atomic E-state index is 12.9. The van der Waals surface area contributed by atoms with Crippen LogP contribution in [0.5, 0.6) is 0 Å². The van der Waals surface area contributed by atoms with E-state index in [-0.39, 0.29) is 30.4 Å². The predicted molar refractivity (Wildman–Crippen MR) is 117 cm³/mol. The topological polar surface area (TPSA) is 109 Å². The Hall–Kier alpha value is -2.20. The molecule has 2 aliphatic heterocycles. The first-order valence-electron chi connectivity index (χ1n) is 11.1. The number of imide groups is 1. The number of aliphatic hydroxyl groups is 1. The van der Waals surface area contributed by atoms with Gasteiger partial charge in [-0.05, 0) is 67.8 Å². The van der Waals surface area contributed by atoms with Crippen molar-refractivity contribution in [2.24, 2.45) is 17.8 Å². The van der Waals surface area contributed by atoms with E-state index in [2.05, 4.69) is 0 Å². The first kappa shape index (κ1) is 23.0. The molecule has 0 radical (unpaired) electrons. The smallest absolute Gasteiger partial charge is 0.455 e. The van der Waals surface area contributed by atoms with Crippen LogP contribution in [0.4, 0.5) is 0 Å². The lowest BCUT2D eigenvalue weighted by Crippen LogP contribution is -2.46. The Balaban J connectivity index is 1.58. The van der Waals surface area contributed by atoms with E-state index in [0.29, 0.717) is 43.7 Å². The van der Waals surface area contributed by atoms with E-state index in [9.17, 15) is 14.6 Å². The fourth-order valence-electron chi connectivity index (χ4n) is 5.46. The van der Waals surface area contributed by atoms with Crippen molar-refractivity contribution in [3.8, 4) is 0 Å². The van der Waals surface area contributed by atoms with Crippen LogP contribution in [0.1, 0.15) is 37.7 Å². The zero-order valence-electron chi connectivity index (χ0n) is 18.7. The van der Waals surface area contributed by atoms with Gasteiger partial charge in [-0.2, -0.15) is 0 Å². The minimum atomic E-state index is -0.980. The SMILES string of the molecule is COCC1=C2[C@@H](CC/C(C)=C/c3ccc(CO)o3)OB(O)C[C@@H]2[C@@H]2C(=O)N(C)C(=O)[C@@H]2C1. The maximum atomic E-state index is 12.9. The number of allylic oxidation sites excluding steroid dienone is 1. The Morgan fingerprint density at radius 2 is 2.09 bits per heavy atom. The Bertz CT molecular complexity index is 952. The van der Waals surface area contributed by atoms with E-state index < -0.39 is 19.0 Å². The number of carbonyl (C=O) groups excluding carboxylic acids is 2. The first-order valence-corrected chi connectivity index (χ1v) is 11.1. The maximum Gasteiger partial charge on any atom is 0.455 e. The van der Waals surface area contributed by atoms with E-state index in [1.165, 1.54) is 11.9 Å². The van der Waals surface area contributed by atoms with Crippen LogP contribution in [0.3, 0.4) is 0 Å². The van der Waals surface area contributed by atoms with Crippen molar-refractivity contribution in [3.63, 3.8) is 0 Å². The Morgan fingerprint density at radius 3 is 2.78 bits per heavy atom. The number of carbonyl (C=O) groups is 2. The summed E-state index contributed by atoms with van der Waals surface area (Å²) in [5.74, 6) is -0.190. The first-order chi connectivity index (χ1) is 15.3. The van der Waals surface area contributed by atoms with E-state index in [1.54, 1.807) is 13.2 Å². The average molecular weight is 443 g/mol. The number of furan rings is 1. The summed E-state index contributed by atoms with van der Waals surface area (Å²) in [6, 6.07) is 3.55. The molecule has 2 fully saturated rings. The molecule has 0 unspecified atom stereocenters. The van der Waals surface area contributed by atoms with Gasteiger partial charge in [-0.15, -0.1) is 0 Å². The molecule has 0 bridgehead atoms. The van der Waals surface area contributed by atoms with E-state index in [4.69, 9.17) is 18.9 Å². The van der Waals surface area contributed by atoms with Crippen LogP contribution in [0.2, 0.25) is 6.32 Å². The van der Waals surface area contributed by atoms with Gasteiger partial charge >= 0.3 is 7.12 Å². The molecule has 0 saturated carbocycles. The Morgan fingerprint density at radius 1 is 1.31 bits per heavy atom. The number of amides is 2. The highest BCUT2D eigenvalue weighted by Gasteiger charge is 2.56. The van der Waals surface area contributed by atoms with Gasteiger partial charge in [-0.1, -0.05) is 5.57 Å². The lowest BCUT2D eigenvalue weighted by molar-refractivity contribution is -0.138. The van der Waals surface area contributed by atoms with Gasteiger partial charge in [-0.25, -0.2) is 0 Å². The summed E-state index contributed by atoms with van der Waals surface area (Å²) in [6.07, 6.45) is 3.69. The van der Waals surface area contributed by atoms with Gasteiger partial charge in [0.2, 0.25) is 11.8 Å². The molecule has 1 aromatic rings. The molecule has 4 rings (SSSR count). The van der Waals surface area contributed by atoms with Crippen LogP contribution in [0.25, 0.3) is 6.08 Å². The summed E-state index contributed by atoms with van der Waals surface area (Å²) < 4.78 is 16.9. The second-order valence-corrected chi connectivity index (χ2v) is 8.98. The lowest BCUT2D eigenvalue weighted by atomic mass is 9.58. The molecule has 172 valence electrons. The lowest BCUT2D eigenvalue weighted by Gasteiger charge is -2.43. The summed E-state index contributed by atoms with van der Waals surface area (Å²) in [6.45, 7) is 2.23. The van der Waals surface area contributed by atoms with Crippen LogP contribution < -0.4 is 0 Å². The highest BCUT2D eigenvalue weighted by molar-refractivity contribution is 6.43. The van der Waals surface area contributed by atoms with E-state index in [0.717, 1.165) is 16.7 Å². The summed E-state index contributed by atoms with van der Waals surface area (Å²) in [5.41, 5.74) is 3.09. The minimum absolute atomic E-state index is 0.142. The van der Waals surface area contributed by atoms with Crippen molar-refractivity contribution in [2.45, 2.75) is 45.2 Å². The van der Waals surface area contributed by atoms with Gasteiger partial charge in [-0.3, -0.25) is 14.5 Å². The van der Waals surface area contributed by atoms with Crippen molar-refractivity contribution in [1.29, 1.82) is 0 Å². The van der Waals surface area contributed by atoms with E-state index >= 15 is 0 Å². The zero-order chi connectivity index (χ0) is 23.0. The molecule has 8 nitrogen and oxygen atoms in total. The monoisotopic (exact) mass is 443 g/mol. The number of likely N-dealkylation sites (tertiary alicyclic amines) is 1. The molecule has 2 saturated heterocycles. The molecule has 1 aromatic heterocycles. The third-order valence-electron chi connectivity index (χ3n) is 6.87. The molecule has 3 aliphatic rings. The van der Waals surface area contributed by atoms with Crippen molar-refractivity contribution < 1.29 is 33.5 Å². The van der Waals surface area contributed by atoms with Crippen molar-refractivity contribution in [1.82, 2.24) is 4.90 Å². The number of fused-ring (bicyclic) bond motifs is 3. The number of ether oxygens (including phenoxy) is 1. The molecule has 0 aromatic carbocycles. The molecule has 2 amide bonds. The van der Waals surface area contributed by atoms with Crippen molar-refractivity contribution in [3.05, 3.63) is 40.4 Å². The molecular weight excluding hydrogens is 413 g/mol. The number of rotatable bonds is 7. The standard InChI is InChI=1S/C23H30BNO7/c1-13(8-15-5-6-16(11-26)31-15)4-7-19-20-14(12-30-3)9-17-21(18(20)10-24(29)32-19)23(28)25(2)22(17)27/h5-6,8,17-19,21,26,29H,4,7,9-12H2,1-3H3/b13-8+/t17-,18+,19-,21-/m1/s1. The summed E-state index contributed by atoms with van der Waals surface area (Å²) >= 11 is 0. The molecule has 0 spiro atoms. The van der Waals surface area contributed by atoms with Crippen LogP contribution in [0, 0.1) is 17.8 Å². The molecule has 2 N–H and O–H groups in total. The summed E-state index contributed by atoms with van der Waals surface area (Å²) in [7, 11) is 2.18.